The van der Waals surface area contributed by atoms with Crippen molar-refractivity contribution in [3.63, 3.8) is 0 Å². The number of para-hydroxylation sites is 1. The molecule has 3 aromatic carbocycles. The van der Waals surface area contributed by atoms with E-state index in [1.165, 1.54) is 18.2 Å². The third-order valence-electron chi connectivity index (χ3n) is 5.87. The van der Waals surface area contributed by atoms with Gasteiger partial charge >= 0.3 is 6.03 Å². The summed E-state index contributed by atoms with van der Waals surface area (Å²) in [6.07, 6.45) is 3.25. The molecule has 4 aromatic rings. The van der Waals surface area contributed by atoms with E-state index in [1.54, 1.807) is 24.4 Å². The maximum atomic E-state index is 13.4. The minimum atomic E-state index is -0.915. The summed E-state index contributed by atoms with van der Waals surface area (Å²) in [5.41, 5.74) is 2.69. The van der Waals surface area contributed by atoms with Crippen molar-refractivity contribution in [1.82, 2.24) is 9.88 Å². The number of urea groups is 1. The number of hydrogen-bond donors (Lipinski definition) is 1. The molecule has 1 aliphatic rings. The van der Waals surface area contributed by atoms with Crippen molar-refractivity contribution in [1.29, 1.82) is 5.26 Å². The molecule has 0 atom stereocenters. The van der Waals surface area contributed by atoms with Gasteiger partial charge in [-0.2, -0.15) is 5.26 Å². The molecule has 5 rings (SSSR count). The van der Waals surface area contributed by atoms with E-state index < -0.39 is 17.8 Å². The van der Waals surface area contributed by atoms with E-state index in [9.17, 15) is 19.6 Å². The second-order valence-corrected chi connectivity index (χ2v) is 8.81. The number of hydrogen-bond acceptors (Lipinski definition) is 4. The average Bonchev–Trinajstić information content (AvgIpc) is 3.21. The Bertz CT molecular complexity index is 1650. The van der Waals surface area contributed by atoms with Gasteiger partial charge in [-0.25, -0.2) is 9.69 Å². The second kappa shape index (κ2) is 9.34. The highest BCUT2D eigenvalue weighted by Gasteiger charge is 2.38. The van der Waals surface area contributed by atoms with Crippen LogP contribution in [0.3, 0.4) is 0 Å². The Morgan fingerprint density at radius 1 is 0.944 bits per heavy atom. The number of rotatable bonds is 4. The van der Waals surface area contributed by atoms with Crippen LogP contribution in [-0.2, 0) is 16.1 Å². The second-order valence-electron chi connectivity index (χ2n) is 8.03. The highest BCUT2D eigenvalue weighted by molar-refractivity contribution is 6.46. The van der Waals surface area contributed by atoms with E-state index in [2.05, 4.69) is 11.4 Å². The zero-order valence-electron chi connectivity index (χ0n) is 18.5. The lowest BCUT2D eigenvalue weighted by Crippen LogP contribution is -2.54. The molecule has 2 heterocycles. The molecule has 4 amide bonds. The molecule has 0 aliphatic carbocycles. The Morgan fingerprint density at radius 2 is 1.69 bits per heavy atom. The first-order chi connectivity index (χ1) is 17.4. The van der Waals surface area contributed by atoms with E-state index in [0.29, 0.717) is 17.7 Å². The van der Waals surface area contributed by atoms with Gasteiger partial charge in [0.15, 0.2) is 0 Å². The van der Waals surface area contributed by atoms with Crippen LogP contribution in [0.25, 0.3) is 17.0 Å². The molecule has 0 radical (unpaired) electrons. The molecule has 1 saturated heterocycles. The van der Waals surface area contributed by atoms with Crippen LogP contribution in [0.1, 0.15) is 16.7 Å². The number of carbonyl (C=O) groups excluding carboxylic acids is 3. The van der Waals surface area contributed by atoms with Gasteiger partial charge < -0.3 is 4.57 Å². The van der Waals surface area contributed by atoms with Crippen LogP contribution in [0.4, 0.5) is 10.5 Å². The zero-order chi connectivity index (χ0) is 25.4. The van der Waals surface area contributed by atoms with Crippen LogP contribution in [0.2, 0.25) is 10.0 Å². The smallest absolute Gasteiger partial charge is 0.336 e. The predicted octanol–water partition coefficient (Wildman–Crippen LogP) is 5.53. The molecule has 0 spiro atoms. The van der Waals surface area contributed by atoms with Crippen LogP contribution in [0.15, 0.2) is 78.5 Å². The quantitative estimate of drug-likeness (QED) is 0.286. The first-order valence-corrected chi connectivity index (χ1v) is 11.6. The monoisotopic (exact) mass is 514 g/mol. The predicted molar refractivity (Wildman–Crippen MR) is 138 cm³/mol. The third-order valence-corrected chi connectivity index (χ3v) is 6.68. The number of nitrogens with one attached hydrogen (secondary N) is 1. The summed E-state index contributed by atoms with van der Waals surface area (Å²) in [4.78, 5) is 39.4. The van der Waals surface area contributed by atoms with Crippen molar-refractivity contribution >= 4 is 63.7 Å². The third kappa shape index (κ3) is 4.03. The summed E-state index contributed by atoms with van der Waals surface area (Å²) in [6.45, 7) is 0.413. The molecule has 176 valence electrons. The number of nitriles is 1. The number of amides is 4. The molecular weight excluding hydrogens is 499 g/mol. The number of halogens is 2. The zero-order valence-corrected chi connectivity index (χ0v) is 20.0. The number of aromatic nitrogens is 1. The molecule has 36 heavy (non-hydrogen) atoms. The summed E-state index contributed by atoms with van der Waals surface area (Å²) in [7, 11) is 0. The Balaban J connectivity index is 1.60. The molecule has 9 heteroatoms. The standard InChI is InChI=1S/C27H16Cl2N4O3/c28-21-9-5-11-23(24(21)29)33-26(35)20(25(34)31-27(33)36)12-18-15-32(22-10-4-3-8-19(18)22)14-17-7-2-1-6-16(17)13-30/h1-12,15H,14H2,(H,31,34,36)/b20-12+. The van der Waals surface area contributed by atoms with Crippen molar-refractivity contribution in [3.8, 4) is 6.07 Å². The van der Waals surface area contributed by atoms with E-state index in [4.69, 9.17) is 23.2 Å². The maximum Gasteiger partial charge on any atom is 0.336 e. The molecule has 0 unspecified atom stereocenters. The van der Waals surface area contributed by atoms with Gasteiger partial charge in [-0.1, -0.05) is 65.7 Å². The van der Waals surface area contributed by atoms with Crippen LogP contribution in [0.5, 0.6) is 0 Å². The van der Waals surface area contributed by atoms with Crippen LogP contribution >= 0.6 is 23.2 Å². The SMILES string of the molecule is N#Cc1ccccc1Cn1cc(/C=C2\C(=O)NC(=O)N(c3cccc(Cl)c3Cl)C2=O)c2ccccc21. The van der Waals surface area contributed by atoms with Crippen LogP contribution < -0.4 is 10.2 Å². The Morgan fingerprint density at radius 3 is 2.50 bits per heavy atom. The largest absolute Gasteiger partial charge is 0.342 e. The number of benzene rings is 3. The molecule has 1 fully saturated rings. The Kier molecular flexibility index (Phi) is 6.06. The van der Waals surface area contributed by atoms with Crippen molar-refractivity contribution < 1.29 is 14.4 Å². The average molecular weight is 515 g/mol. The molecule has 1 N–H and O–H groups in total. The fourth-order valence-electron chi connectivity index (χ4n) is 4.17. The number of nitrogens with zero attached hydrogens (tertiary/aromatic N) is 3. The number of anilines is 1. The van der Waals surface area contributed by atoms with Gasteiger partial charge in [-0.05, 0) is 35.9 Å². The van der Waals surface area contributed by atoms with Crippen molar-refractivity contribution in [3.05, 3.63) is 105 Å². The number of carbonyl (C=O) groups is 3. The highest BCUT2D eigenvalue weighted by atomic mass is 35.5. The molecule has 1 aromatic heterocycles. The molecular formula is C27H16Cl2N4O3. The fraction of sp³-hybridized carbons (Fsp3) is 0.0370. The van der Waals surface area contributed by atoms with Gasteiger partial charge in [0.2, 0.25) is 0 Å². The van der Waals surface area contributed by atoms with E-state index in [1.807, 2.05) is 41.0 Å². The summed E-state index contributed by atoms with van der Waals surface area (Å²) >= 11 is 12.3. The topological polar surface area (TPSA) is 95.2 Å². The lowest BCUT2D eigenvalue weighted by Gasteiger charge is -2.27. The summed E-state index contributed by atoms with van der Waals surface area (Å²) in [5.74, 6) is -1.63. The number of fused-ring (bicyclic) bond motifs is 1. The minimum Gasteiger partial charge on any atom is -0.342 e. The van der Waals surface area contributed by atoms with Gasteiger partial charge in [-0.3, -0.25) is 14.9 Å². The molecule has 0 bridgehead atoms. The molecule has 1 aliphatic heterocycles. The first kappa shape index (κ1) is 23.4. The van der Waals surface area contributed by atoms with Gasteiger partial charge in [-0.15, -0.1) is 0 Å². The van der Waals surface area contributed by atoms with Crippen LogP contribution in [-0.4, -0.2) is 22.4 Å². The minimum absolute atomic E-state index is 0.0177. The van der Waals surface area contributed by atoms with Crippen molar-refractivity contribution in [2.75, 3.05) is 4.90 Å². The Labute approximate surface area is 215 Å². The highest BCUT2D eigenvalue weighted by Crippen LogP contribution is 2.35. The van der Waals surface area contributed by atoms with Crippen LogP contribution in [0, 0.1) is 11.3 Å². The summed E-state index contributed by atoms with van der Waals surface area (Å²) in [5, 5.41) is 12.6. The Hall–Kier alpha value is -4.38. The molecule has 7 nitrogen and oxygen atoms in total. The van der Waals surface area contributed by atoms with E-state index in [0.717, 1.165) is 21.4 Å². The van der Waals surface area contributed by atoms with Gasteiger partial charge in [0, 0.05) is 29.2 Å². The van der Waals surface area contributed by atoms with Gasteiger partial charge in [0.1, 0.15) is 5.57 Å². The molecule has 0 saturated carbocycles. The summed E-state index contributed by atoms with van der Waals surface area (Å²) < 4.78 is 1.94. The normalized spacial score (nSPS) is 14.9. The van der Waals surface area contributed by atoms with Gasteiger partial charge in [0.05, 0.1) is 27.4 Å². The van der Waals surface area contributed by atoms with Gasteiger partial charge in [0.25, 0.3) is 11.8 Å². The first-order valence-electron chi connectivity index (χ1n) is 10.8. The van der Waals surface area contributed by atoms with Crippen molar-refractivity contribution in [2.45, 2.75) is 6.54 Å². The van der Waals surface area contributed by atoms with E-state index in [-0.39, 0.29) is 21.3 Å². The lowest BCUT2D eigenvalue weighted by atomic mass is 10.1. The van der Waals surface area contributed by atoms with Crippen molar-refractivity contribution in [2.24, 2.45) is 0 Å². The number of imide groups is 2. The fourth-order valence-corrected chi connectivity index (χ4v) is 4.55. The maximum absolute atomic E-state index is 13.4. The lowest BCUT2D eigenvalue weighted by molar-refractivity contribution is -0.122. The van der Waals surface area contributed by atoms with E-state index >= 15 is 0 Å². The number of barbiturate groups is 1. The summed E-state index contributed by atoms with van der Waals surface area (Å²) in [6, 6.07) is 20.6.